The molecule has 0 atom stereocenters. The molecule has 0 radical (unpaired) electrons. The van der Waals surface area contributed by atoms with Crippen molar-refractivity contribution >= 4 is 17.0 Å². The molecule has 1 aromatic heterocycles. The summed E-state index contributed by atoms with van der Waals surface area (Å²) in [4.78, 5) is 26.9. The van der Waals surface area contributed by atoms with E-state index in [4.69, 9.17) is 4.74 Å². The van der Waals surface area contributed by atoms with Crippen molar-refractivity contribution in [1.82, 2.24) is 10.3 Å². The summed E-state index contributed by atoms with van der Waals surface area (Å²) in [5, 5.41) is 3.60. The normalized spacial score (nSPS) is 10.6. The minimum absolute atomic E-state index is 0.117. The standard InChI is InChI=1S/C20H20N2O3/c1-13-8-14(2)17-10-16(19(23)22-18(17)9-13)11-21-20(24)25-12-15-6-4-3-5-7-15/h3-10H,11-12H2,1-2H3,(H,21,24)(H,22,23). The first-order valence-electron chi connectivity index (χ1n) is 8.10. The molecule has 0 saturated carbocycles. The van der Waals surface area contributed by atoms with Crippen molar-refractivity contribution in [3.05, 3.63) is 81.1 Å². The van der Waals surface area contributed by atoms with Crippen molar-refractivity contribution < 1.29 is 9.53 Å². The Labute approximate surface area is 145 Å². The fourth-order valence-electron chi connectivity index (χ4n) is 2.79. The monoisotopic (exact) mass is 336 g/mol. The molecule has 0 fully saturated rings. The molecule has 0 saturated heterocycles. The second-order valence-corrected chi connectivity index (χ2v) is 6.08. The van der Waals surface area contributed by atoms with Crippen molar-refractivity contribution in [2.24, 2.45) is 0 Å². The first-order valence-corrected chi connectivity index (χ1v) is 8.10. The van der Waals surface area contributed by atoms with Gasteiger partial charge in [-0.1, -0.05) is 36.4 Å². The molecule has 0 aliphatic carbocycles. The van der Waals surface area contributed by atoms with Crippen LogP contribution in [0.4, 0.5) is 4.79 Å². The van der Waals surface area contributed by atoms with Crippen LogP contribution in [0.25, 0.3) is 10.9 Å². The topological polar surface area (TPSA) is 71.2 Å². The van der Waals surface area contributed by atoms with Crippen molar-refractivity contribution in [3.63, 3.8) is 0 Å². The fraction of sp³-hybridized carbons (Fsp3) is 0.200. The highest BCUT2D eigenvalue weighted by Gasteiger charge is 2.08. The van der Waals surface area contributed by atoms with E-state index in [1.807, 2.05) is 56.3 Å². The molecule has 25 heavy (non-hydrogen) atoms. The molecule has 3 aromatic rings. The SMILES string of the molecule is Cc1cc(C)c2cc(CNC(=O)OCc3ccccc3)c(=O)[nH]c2c1. The number of rotatable bonds is 4. The van der Waals surface area contributed by atoms with Crippen LogP contribution >= 0.6 is 0 Å². The van der Waals surface area contributed by atoms with Crippen LogP contribution in [0.2, 0.25) is 0 Å². The Kier molecular flexibility index (Phi) is 4.84. The quantitative estimate of drug-likeness (QED) is 0.765. The molecule has 0 unspecified atom stereocenters. The highest BCUT2D eigenvalue weighted by molar-refractivity contribution is 5.83. The number of hydrogen-bond donors (Lipinski definition) is 2. The number of nitrogens with one attached hydrogen (secondary N) is 2. The summed E-state index contributed by atoms with van der Waals surface area (Å²) >= 11 is 0. The van der Waals surface area contributed by atoms with Gasteiger partial charge in [0.15, 0.2) is 0 Å². The van der Waals surface area contributed by atoms with Gasteiger partial charge in [-0.05, 0) is 42.7 Å². The summed E-state index contributed by atoms with van der Waals surface area (Å²) in [5.41, 5.74) is 4.18. The summed E-state index contributed by atoms with van der Waals surface area (Å²) in [6.07, 6.45) is -0.552. The molecule has 5 heteroatoms. The third-order valence-electron chi connectivity index (χ3n) is 4.03. The zero-order chi connectivity index (χ0) is 17.8. The molecule has 0 bridgehead atoms. The number of aromatic amines is 1. The van der Waals surface area contributed by atoms with Crippen molar-refractivity contribution in [2.75, 3.05) is 0 Å². The lowest BCUT2D eigenvalue weighted by Crippen LogP contribution is -2.27. The van der Waals surface area contributed by atoms with E-state index in [2.05, 4.69) is 16.4 Å². The maximum absolute atomic E-state index is 12.2. The van der Waals surface area contributed by atoms with Gasteiger partial charge in [0.1, 0.15) is 6.61 Å². The summed E-state index contributed by atoms with van der Waals surface area (Å²) < 4.78 is 5.15. The first kappa shape index (κ1) is 16.8. The minimum Gasteiger partial charge on any atom is -0.445 e. The number of carbonyl (C=O) groups is 1. The van der Waals surface area contributed by atoms with Crippen LogP contribution in [0.1, 0.15) is 22.3 Å². The molecule has 2 N–H and O–H groups in total. The number of ether oxygens (including phenoxy) is 1. The van der Waals surface area contributed by atoms with Gasteiger partial charge in [0.05, 0.1) is 6.54 Å². The second-order valence-electron chi connectivity index (χ2n) is 6.08. The first-order chi connectivity index (χ1) is 12.0. The van der Waals surface area contributed by atoms with Crippen LogP contribution in [-0.4, -0.2) is 11.1 Å². The van der Waals surface area contributed by atoms with Gasteiger partial charge in [-0.25, -0.2) is 4.79 Å². The van der Waals surface area contributed by atoms with Crippen molar-refractivity contribution in [2.45, 2.75) is 27.0 Å². The molecule has 1 amide bonds. The average molecular weight is 336 g/mol. The lowest BCUT2D eigenvalue weighted by atomic mass is 10.0. The maximum atomic E-state index is 12.2. The highest BCUT2D eigenvalue weighted by atomic mass is 16.5. The number of aromatic nitrogens is 1. The van der Waals surface area contributed by atoms with E-state index in [0.29, 0.717) is 5.56 Å². The summed E-state index contributed by atoms with van der Waals surface area (Å²) in [7, 11) is 0. The second kappa shape index (κ2) is 7.21. The van der Waals surface area contributed by atoms with Gasteiger partial charge >= 0.3 is 6.09 Å². The Morgan fingerprint density at radius 2 is 1.88 bits per heavy atom. The molecule has 0 aliphatic rings. The van der Waals surface area contributed by atoms with E-state index >= 15 is 0 Å². The van der Waals surface area contributed by atoms with Crippen LogP contribution in [0.5, 0.6) is 0 Å². The van der Waals surface area contributed by atoms with Gasteiger partial charge in [0.2, 0.25) is 0 Å². The van der Waals surface area contributed by atoms with E-state index in [-0.39, 0.29) is 18.7 Å². The Hall–Kier alpha value is -3.08. The predicted molar refractivity (Wildman–Crippen MR) is 97.5 cm³/mol. The minimum atomic E-state index is -0.552. The molecule has 5 nitrogen and oxygen atoms in total. The van der Waals surface area contributed by atoms with Gasteiger partial charge in [-0.3, -0.25) is 4.79 Å². The Bertz CT molecular complexity index is 962. The fourth-order valence-corrected chi connectivity index (χ4v) is 2.79. The molecule has 2 aromatic carbocycles. The molecule has 0 aliphatic heterocycles. The van der Waals surface area contributed by atoms with Crippen LogP contribution in [0, 0.1) is 13.8 Å². The van der Waals surface area contributed by atoms with Gasteiger partial charge < -0.3 is 15.0 Å². The van der Waals surface area contributed by atoms with Crippen LogP contribution in [-0.2, 0) is 17.9 Å². The number of pyridine rings is 1. The van der Waals surface area contributed by atoms with Crippen LogP contribution in [0.15, 0.2) is 53.3 Å². The lowest BCUT2D eigenvalue weighted by Gasteiger charge is -2.09. The van der Waals surface area contributed by atoms with E-state index in [1.165, 1.54) is 0 Å². The third kappa shape index (κ3) is 4.07. The molecule has 3 rings (SSSR count). The van der Waals surface area contributed by atoms with E-state index in [0.717, 1.165) is 27.6 Å². The molecule has 1 heterocycles. The summed E-state index contributed by atoms with van der Waals surface area (Å²) in [6, 6.07) is 15.3. The summed E-state index contributed by atoms with van der Waals surface area (Å²) in [6.45, 7) is 4.30. The van der Waals surface area contributed by atoms with Gasteiger partial charge in [-0.2, -0.15) is 0 Å². The highest BCUT2D eigenvalue weighted by Crippen LogP contribution is 2.18. The number of carbonyl (C=O) groups excluding carboxylic acids is 1. The van der Waals surface area contributed by atoms with Crippen molar-refractivity contribution in [3.8, 4) is 0 Å². The van der Waals surface area contributed by atoms with Gasteiger partial charge in [-0.15, -0.1) is 0 Å². The maximum Gasteiger partial charge on any atom is 0.407 e. The van der Waals surface area contributed by atoms with Gasteiger partial charge in [0, 0.05) is 16.5 Å². The third-order valence-corrected chi connectivity index (χ3v) is 4.03. The predicted octanol–water partition coefficient (Wildman–Crippen LogP) is 3.57. The number of H-pyrrole nitrogens is 1. The summed E-state index contributed by atoms with van der Waals surface area (Å²) in [5.74, 6) is 0. The largest absolute Gasteiger partial charge is 0.445 e. The molecular weight excluding hydrogens is 316 g/mol. The van der Waals surface area contributed by atoms with E-state index in [1.54, 1.807) is 0 Å². The zero-order valence-electron chi connectivity index (χ0n) is 14.3. The van der Waals surface area contributed by atoms with Gasteiger partial charge in [0.25, 0.3) is 5.56 Å². The number of fused-ring (bicyclic) bond motifs is 1. The Balaban J connectivity index is 1.67. The lowest BCUT2D eigenvalue weighted by molar-refractivity contribution is 0.139. The van der Waals surface area contributed by atoms with Crippen LogP contribution < -0.4 is 10.9 Å². The Morgan fingerprint density at radius 1 is 1.12 bits per heavy atom. The molecule has 0 spiro atoms. The van der Waals surface area contributed by atoms with Crippen molar-refractivity contribution in [1.29, 1.82) is 0 Å². The number of hydrogen-bond acceptors (Lipinski definition) is 3. The smallest absolute Gasteiger partial charge is 0.407 e. The Morgan fingerprint density at radius 3 is 2.64 bits per heavy atom. The molecule has 128 valence electrons. The number of benzene rings is 2. The average Bonchev–Trinajstić information content (AvgIpc) is 2.59. The molecular formula is C20H20N2O3. The van der Waals surface area contributed by atoms with Crippen LogP contribution in [0.3, 0.4) is 0 Å². The van der Waals surface area contributed by atoms with E-state index < -0.39 is 6.09 Å². The zero-order valence-corrected chi connectivity index (χ0v) is 14.3. The number of alkyl carbamates (subject to hydrolysis) is 1. The number of amides is 1. The van der Waals surface area contributed by atoms with E-state index in [9.17, 15) is 9.59 Å². The number of aryl methyl sites for hydroxylation is 2.